The maximum absolute atomic E-state index is 12.3. The highest BCUT2D eigenvalue weighted by Gasteiger charge is 2.21. The molecule has 1 aliphatic carbocycles. The molecule has 0 N–H and O–H groups in total. The SMILES string of the molecule is CCN(C(=O)CC1CCCC1)c1ccccc1. The fourth-order valence-corrected chi connectivity index (χ4v) is 2.68. The molecule has 0 saturated heterocycles. The van der Waals surface area contributed by atoms with Crippen LogP contribution in [0.4, 0.5) is 5.69 Å². The first kappa shape index (κ1) is 12.2. The summed E-state index contributed by atoms with van der Waals surface area (Å²) in [5, 5.41) is 0. The number of hydrogen-bond donors (Lipinski definition) is 0. The van der Waals surface area contributed by atoms with Crippen molar-refractivity contribution < 1.29 is 4.79 Å². The Morgan fingerprint density at radius 2 is 1.88 bits per heavy atom. The van der Waals surface area contributed by atoms with E-state index in [1.165, 1.54) is 25.7 Å². The number of rotatable bonds is 4. The van der Waals surface area contributed by atoms with Gasteiger partial charge in [0, 0.05) is 18.7 Å². The van der Waals surface area contributed by atoms with E-state index in [1.807, 2.05) is 42.2 Å². The lowest BCUT2D eigenvalue weighted by Gasteiger charge is -2.22. The second-order valence-corrected chi connectivity index (χ2v) is 4.83. The van der Waals surface area contributed by atoms with Gasteiger partial charge >= 0.3 is 0 Å². The number of carbonyl (C=O) groups is 1. The van der Waals surface area contributed by atoms with Crippen LogP contribution in [0.1, 0.15) is 39.0 Å². The fourth-order valence-electron chi connectivity index (χ4n) is 2.68. The smallest absolute Gasteiger partial charge is 0.227 e. The maximum Gasteiger partial charge on any atom is 0.227 e. The predicted octanol–water partition coefficient (Wildman–Crippen LogP) is 3.62. The minimum atomic E-state index is 0.283. The molecule has 1 saturated carbocycles. The van der Waals surface area contributed by atoms with E-state index >= 15 is 0 Å². The van der Waals surface area contributed by atoms with Crippen LogP contribution in [-0.2, 0) is 4.79 Å². The van der Waals surface area contributed by atoms with Crippen molar-refractivity contribution in [3.63, 3.8) is 0 Å². The topological polar surface area (TPSA) is 20.3 Å². The van der Waals surface area contributed by atoms with E-state index in [1.54, 1.807) is 0 Å². The fraction of sp³-hybridized carbons (Fsp3) is 0.533. The zero-order valence-electron chi connectivity index (χ0n) is 10.6. The monoisotopic (exact) mass is 231 g/mol. The van der Waals surface area contributed by atoms with Gasteiger partial charge in [0.2, 0.25) is 5.91 Å². The van der Waals surface area contributed by atoms with Crippen molar-refractivity contribution >= 4 is 11.6 Å². The molecule has 92 valence electrons. The zero-order valence-corrected chi connectivity index (χ0v) is 10.6. The molecule has 0 spiro atoms. The highest BCUT2D eigenvalue weighted by Crippen LogP contribution is 2.28. The van der Waals surface area contributed by atoms with Crippen LogP contribution >= 0.6 is 0 Å². The Kier molecular flexibility index (Phi) is 4.18. The van der Waals surface area contributed by atoms with E-state index in [2.05, 4.69) is 0 Å². The average Bonchev–Trinajstić information content (AvgIpc) is 2.84. The standard InChI is InChI=1S/C15H21NO/c1-2-16(14-10-4-3-5-11-14)15(17)12-13-8-6-7-9-13/h3-5,10-11,13H,2,6-9,12H2,1H3. The van der Waals surface area contributed by atoms with Crippen molar-refractivity contribution in [2.24, 2.45) is 5.92 Å². The molecule has 17 heavy (non-hydrogen) atoms. The third kappa shape index (κ3) is 3.09. The summed E-state index contributed by atoms with van der Waals surface area (Å²) < 4.78 is 0. The molecule has 0 aromatic heterocycles. The molecule has 1 aromatic rings. The summed E-state index contributed by atoms with van der Waals surface area (Å²) in [6, 6.07) is 9.98. The van der Waals surface area contributed by atoms with Crippen molar-refractivity contribution in [1.82, 2.24) is 0 Å². The second-order valence-electron chi connectivity index (χ2n) is 4.83. The number of anilines is 1. The Morgan fingerprint density at radius 3 is 2.47 bits per heavy atom. The van der Waals surface area contributed by atoms with Gasteiger partial charge in [0.05, 0.1) is 0 Å². The first-order chi connectivity index (χ1) is 8.31. The average molecular weight is 231 g/mol. The number of nitrogens with zero attached hydrogens (tertiary/aromatic N) is 1. The van der Waals surface area contributed by atoms with Gasteiger partial charge in [-0.3, -0.25) is 4.79 Å². The third-order valence-corrected chi connectivity index (χ3v) is 3.62. The Bertz CT molecular complexity index is 354. The lowest BCUT2D eigenvalue weighted by atomic mass is 10.0. The van der Waals surface area contributed by atoms with E-state index in [0.29, 0.717) is 5.92 Å². The molecule has 0 aliphatic heterocycles. The molecule has 0 heterocycles. The summed E-state index contributed by atoms with van der Waals surface area (Å²) >= 11 is 0. The van der Waals surface area contributed by atoms with Gasteiger partial charge in [0.25, 0.3) is 0 Å². The molecule has 1 aliphatic rings. The Morgan fingerprint density at radius 1 is 1.24 bits per heavy atom. The van der Waals surface area contributed by atoms with Crippen LogP contribution in [0, 0.1) is 5.92 Å². The molecule has 2 nitrogen and oxygen atoms in total. The van der Waals surface area contributed by atoms with Crippen LogP contribution in [0.2, 0.25) is 0 Å². The van der Waals surface area contributed by atoms with E-state index in [-0.39, 0.29) is 5.91 Å². The molecule has 0 bridgehead atoms. The lowest BCUT2D eigenvalue weighted by Crippen LogP contribution is -2.31. The van der Waals surface area contributed by atoms with Crippen molar-refractivity contribution in [3.05, 3.63) is 30.3 Å². The molecule has 1 fully saturated rings. The Labute approximate surface area is 104 Å². The summed E-state index contributed by atoms with van der Waals surface area (Å²) in [6.07, 6.45) is 5.80. The van der Waals surface area contributed by atoms with E-state index in [9.17, 15) is 4.79 Å². The molecule has 2 rings (SSSR count). The van der Waals surface area contributed by atoms with Gasteiger partial charge < -0.3 is 4.90 Å². The van der Waals surface area contributed by atoms with Crippen LogP contribution in [0.25, 0.3) is 0 Å². The van der Waals surface area contributed by atoms with Crippen LogP contribution in [0.15, 0.2) is 30.3 Å². The van der Waals surface area contributed by atoms with Gasteiger partial charge in [0.1, 0.15) is 0 Å². The van der Waals surface area contributed by atoms with Gasteiger partial charge in [-0.15, -0.1) is 0 Å². The van der Waals surface area contributed by atoms with Crippen molar-refractivity contribution in [2.75, 3.05) is 11.4 Å². The summed E-state index contributed by atoms with van der Waals surface area (Å²) in [5.41, 5.74) is 1.03. The summed E-state index contributed by atoms with van der Waals surface area (Å²) in [5.74, 6) is 0.908. The normalized spacial score (nSPS) is 16.1. The first-order valence-electron chi connectivity index (χ1n) is 6.66. The van der Waals surface area contributed by atoms with E-state index in [0.717, 1.165) is 18.7 Å². The predicted molar refractivity (Wildman–Crippen MR) is 71.0 cm³/mol. The molecule has 0 atom stereocenters. The third-order valence-electron chi connectivity index (χ3n) is 3.62. The first-order valence-corrected chi connectivity index (χ1v) is 6.66. The minimum Gasteiger partial charge on any atom is -0.313 e. The zero-order chi connectivity index (χ0) is 12.1. The number of para-hydroxylation sites is 1. The number of amides is 1. The molecule has 1 aromatic carbocycles. The number of benzene rings is 1. The van der Waals surface area contributed by atoms with E-state index in [4.69, 9.17) is 0 Å². The highest BCUT2D eigenvalue weighted by molar-refractivity contribution is 5.93. The largest absolute Gasteiger partial charge is 0.313 e. The highest BCUT2D eigenvalue weighted by atomic mass is 16.2. The van der Waals surface area contributed by atoms with Crippen molar-refractivity contribution in [3.8, 4) is 0 Å². The quantitative estimate of drug-likeness (QED) is 0.775. The van der Waals surface area contributed by atoms with E-state index < -0.39 is 0 Å². The summed E-state index contributed by atoms with van der Waals surface area (Å²) in [6.45, 7) is 2.80. The summed E-state index contributed by atoms with van der Waals surface area (Å²) in [4.78, 5) is 14.2. The van der Waals surface area contributed by atoms with Crippen LogP contribution in [0.3, 0.4) is 0 Å². The molecular weight excluding hydrogens is 210 g/mol. The van der Waals surface area contributed by atoms with Crippen molar-refractivity contribution in [2.45, 2.75) is 39.0 Å². The van der Waals surface area contributed by atoms with Gasteiger partial charge in [-0.05, 0) is 37.8 Å². The Balaban J connectivity index is 2.00. The van der Waals surface area contributed by atoms with Gasteiger partial charge in [0.15, 0.2) is 0 Å². The number of carbonyl (C=O) groups excluding carboxylic acids is 1. The lowest BCUT2D eigenvalue weighted by molar-refractivity contribution is -0.119. The second kappa shape index (κ2) is 5.85. The maximum atomic E-state index is 12.3. The van der Waals surface area contributed by atoms with Crippen molar-refractivity contribution in [1.29, 1.82) is 0 Å². The summed E-state index contributed by atoms with van der Waals surface area (Å²) in [7, 11) is 0. The molecule has 0 radical (unpaired) electrons. The number of hydrogen-bond acceptors (Lipinski definition) is 1. The molecular formula is C15H21NO. The Hall–Kier alpha value is -1.31. The van der Waals surface area contributed by atoms with Crippen LogP contribution < -0.4 is 4.90 Å². The van der Waals surface area contributed by atoms with Gasteiger partial charge in [-0.25, -0.2) is 0 Å². The molecule has 2 heteroatoms. The van der Waals surface area contributed by atoms with Gasteiger partial charge in [-0.1, -0.05) is 31.0 Å². The van der Waals surface area contributed by atoms with Crippen LogP contribution in [0.5, 0.6) is 0 Å². The van der Waals surface area contributed by atoms with Gasteiger partial charge in [-0.2, -0.15) is 0 Å². The van der Waals surface area contributed by atoms with Crippen LogP contribution in [-0.4, -0.2) is 12.5 Å². The minimum absolute atomic E-state index is 0.283. The molecule has 1 amide bonds. The molecule has 0 unspecified atom stereocenters.